The molecule has 260 valence electrons. The van der Waals surface area contributed by atoms with E-state index in [1.54, 1.807) is 24.5 Å². The van der Waals surface area contributed by atoms with Crippen LogP contribution in [0.1, 0.15) is 52.0 Å². The van der Waals surface area contributed by atoms with Crippen LogP contribution in [0.5, 0.6) is 0 Å². The van der Waals surface area contributed by atoms with Crippen LogP contribution in [0.3, 0.4) is 0 Å². The lowest BCUT2D eigenvalue weighted by Crippen LogP contribution is -2.45. The lowest BCUT2D eigenvalue weighted by molar-refractivity contribution is 0.0902. The van der Waals surface area contributed by atoms with Gasteiger partial charge in [0, 0.05) is 92.5 Å². The first kappa shape index (κ1) is 33.9. The summed E-state index contributed by atoms with van der Waals surface area (Å²) in [7, 11) is 0. The van der Waals surface area contributed by atoms with Crippen molar-refractivity contribution in [3.8, 4) is 22.3 Å². The summed E-state index contributed by atoms with van der Waals surface area (Å²) in [5.41, 5.74) is 3.53. The van der Waals surface area contributed by atoms with Crippen LogP contribution < -0.4 is 15.5 Å². The molecule has 2 aromatic carbocycles. The van der Waals surface area contributed by atoms with Crippen LogP contribution in [0.25, 0.3) is 22.3 Å². The van der Waals surface area contributed by atoms with Crippen LogP contribution >= 0.6 is 0 Å². The highest BCUT2D eigenvalue weighted by Crippen LogP contribution is 2.28. The monoisotopic (exact) mass is 687 g/mol. The molecular formula is C40H39F2N7O2. The molecule has 2 amide bonds. The van der Waals surface area contributed by atoms with Crippen LogP contribution in [0.15, 0.2) is 104 Å². The molecule has 9 nitrogen and oxygen atoms in total. The van der Waals surface area contributed by atoms with E-state index >= 15 is 4.39 Å². The predicted molar refractivity (Wildman–Crippen MR) is 192 cm³/mol. The summed E-state index contributed by atoms with van der Waals surface area (Å²) in [6.45, 7) is 3.89. The van der Waals surface area contributed by atoms with E-state index in [9.17, 15) is 14.0 Å². The summed E-state index contributed by atoms with van der Waals surface area (Å²) >= 11 is 0. The highest BCUT2D eigenvalue weighted by molar-refractivity contribution is 5.96. The van der Waals surface area contributed by atoms with Crippen molar-refractivity contribution in [3.05, 3.63) is 132 Å². The van der Waals surface area contributed by atoms with E-state index in [0.717, 1.165) is 87.0 Å². The number of halogens is 2. The molecule has 0 atom stereocenters. The minimum absolute atomic E-state index is 0.0646. The maximum absolute atomic E-state index is 15.3. The molecular weight excluding hydrogens is 648 g/mol. The molecule has 7 rings (SSSR count). The Kier molecular flexibility index (Phi) is 10.3. The molecule has 0 aliphatic carbocycles. The number of anilines is 1. The summed E-state index contributed by atoms with van der Waals surface area (Å²) in [6, 6.07) is 21.1. The Hall–Kier alpha value is -5.55. The third-order valence-electron chi connectivity index (χ3n) is 9.70. The van der Waals surface area contributed by atoms with E-state index in [0.29, 0.717) is 5.56 Å². The molecule has 3 aromatic heterocycles. The maximum Gasteiger partial charge on any atom is 0.254 e. The van der Waals surface area contributed by atoms with Crippen molar-refractivity contribution in [1.29, 1.82) is 0 Å². The summed E-state index contributed by atoms with van der Waals surface area (Å²) in [5.74, 6) is -1.31. The van der Waals surface area contributed by atoms with Gasteiger partial charge < -0.3 is 15.5 Å². The first-order valence-corrected chi connectivity index (χ1v) is 17.3. The topological polar surface area (TPSA) is 103 Å². The maximum atomic E-state index is 15.3. The number of nitrogens with zero attached hydrogens (tertiary/aromatic N) is 5. The third-order valence-corrected chi connectivity index (χ3v) is 9.70. The molecule has 2 aliphatic heterocycles. The molecule has 2 fully saturated rings. The second-order valence-electron chi connectivity index (χ2n) is 13.1. The lowest BCUT2D eigenvalue weighted by Gasteiger charge is -2.34. The second kappa shape index (κ2) is 15.6. The molecule has 0 spiro atoms. The Morgan fingerprint density at radius 1 is 0.706 bits per heavy atom. The highest BCUT2D eigenvalue weighted by atomic mass is 19.1. The summed E-state index contributed by atoms with van der Waals surface area (Å²) in [5, 5.41) is 6.16. The van der Waals surface area contributed by atoms with Gasteiger partial charge in [-0.15, -0.1) is 0 Å². The number of carbonyl (C=O) groups is 2. The van der Waals surface area contributed by atoms with Gasteiger partial charge in [0.25, 0.3) is 11.8 Å². The SMILES string of the molecule is O=C(NC1CCN(c2ccc(CN3CCC(NC(=O)c4ccc(F)c(-c5cccnc5)c4F)CC3)cn2)CC1)c1cccc(-c2cccnc2)c1. The van der Waals surface area contributed by atoms with Crippen LogP contribution in [0.4, 0.5) is 14.6 Å². The molecule has 0 unspecified atom stereocenters. The molecule has 11 heteroatoms. The molecule has 2 saturated heterocycles. The Bertz CT molecular complexity index is 1960. The highest BCUT2D eigenvalue weighted by Gasteiger charge is 2.26. The molecule has 0 bridgehead atoms. The molecule has 51 heavy (non-hydrogen) atoms. The van der Waals surface area contributed by atoms with Gasteiger partial charge in [-0.25, -0.2) is 13.8 Å². The van der Waals surface area contributed by atoms with E-state index in [4.69, 9.17) is 4.98 Å². The lowest BCUT2D eigenvalue weighted by atomic mass is 10.0. The van der Waals surface area contributed by atoms with Crippen molar-refractivity contribution in [3.63, 3.8) is 0 Å². The fraction of sp³-hybridized carbons (Fsp3) is 0.275. The fourth-order valence-electron chi connectivity index (χ4n) is 6.85. The number of benzene rings is 2. The number of aromatic nitrogens is 3. The zero-order chi connectivity index (χ0) is 35.2. The van der Waals surface area contributed by atoms with Crippen molar-refractivity contribution in [1.82, 2.24) is 30.5 Å². The van der Waals surface area contributed by atoms with E-state index < -0.39 is 17.5 Å². The summed E-state index contributed by atoms with van der Waals surface area (Å²) in [4.78, 5) is 43.5. The standard InChI is InChI=1S/C40H39F2N7O2/c41-35-10-9-34(38(42)37(35)31-7-3-17-44-25-31)40(51)47-32-12-18-48(19-13-32)26-27-8-11-36(45-23-27)49-20-14-33(15-21-49)46-39(50)29-5-1-4-28(22-29)30-6-2-16-43-24-30/h1-11,16-17,22-25,32-33H,12-15,18-21,26H2,(H,46,50)(H,47,51). The van der Waals surface area contributed by atoms with E-state index in [1.165, 1.54) is 18.5 Å². The van der Waals surface area contributed by atoms with Gasteiger partial charge in [0.15, 0.2) is 0 Å². The number of piperidine rings is 2. The van der Waals surface area contributed by atoms with Crippen LogP contribution in [0.2, 0.25) is 0 Å². The first-order valence-electron chi connectivity index (χ1n) is 17.3. The third kappa shape index (κ3) is 8.10. The van der Waals surface area contributed by atoms with Crippen molar-refractivity contribution >= 4 is 17.6 Å². The van der Waals surface area contributed by atoms with Gasteiger partial charge in [-0.3, -0.25) is 24.5 Å². The van der Waals surface area contributed by atoms with Crippen LogP contribution in [-0.2, 0) is 6.54 Å². The van der Waals surface area contributed by atoms with E-state index in [2.05, 4.69) is 42.5 Å². The first-order chi connectivity index (χ1) is 24.9. The fourth-order valence-corrected chi connectivity index (χ4v) is 6.85. The molecule has 0 radical (unpaired) electrons. The molecule has 5 heterocycles. The van der Waals surface area contributed by atoms with Crippen molar-refractivity contribution < 1.29 is 18.4 Å². The minimum Gasteiger partial charge on any atom is -0.356 e. The van der Waals surface area contributed by atoms with Crippen LogP contribution in [-0.4, -0.2) is 69.9 Å². The van der Waals surface area contributed by atoms with Crippen molar-refractivity contribution in [2.75, 3.05) is 31.1 Å². The largest absolute Gasteiger partial charge is 0.356 e. The van der Waals surface area contributed by atoms with Crippen molar-refractivity contribution in [2.24, 2.45) is 0 Å². The normalized spacial score (nSPS) is 15.8. The number of pyridine rings is 3. The quantitative estimate of drug-likeness (QED) is 0.188. The van der Waals surface area contributed by atoms with Gasteiger partial charge in [-0.2, -0.15) is 0 Å². The smallest absolute Gasteiger partial charge is 0.254 e. The zero-order valence-electron chi connectivity index (χ0n) is 28.1. The van der Waals surface area contributed by atoms with Gasteiger partial charge in [0.2, 0.25) is 0 Å². The number of likely N-dealkylation sites (tertiary alicyclic amines) is 1. The summed E-state index contributed by atoms with van der Waals surface area (Å²) in [6.07, 6.45) is 11.5. The van der Waals surface area contributed by atoms with Gasteiger partial charge in [-0.05, 0) is 79.3 Å². The molecule has 2 aliphatic rings. The number of hydrogen-bond acceptors (Lipinski definition) is 7. The predicted octanol–water partition coefficient (Wildman–Crippen LogP) is 6.28. The van der Waals surface area contributed by atoms with Crippen LogP contribution in [0, 0.1) is 11.6 Å². The number of hydrogen-bond donors (Lipinski definition) is 2. The Morgan fingerprint density at radius 3 is 2.04 bits per heavy atom. The Labute approximate surface area is 295 Å². The summed E-state index contributed by atoms with van der Waals surface area (Å²) < 4.78 is 29.8. The second-order valence-corrected chi connectivity index (χ2v) is 13.1. The van der Waals surface area contributed by atoms with E-state index in [1.807, 2.05) is 42.6 Å². The average Bonchev–Trinajstić information content (AvgIpc) is 3.17. The van der Waals surface area contributed by atoms with Crippen molar-refractivity contribution in [2.45, 2.75) is 44.3 Å². The molecule has 5 aromatic rings. The van der Waals surface area contributed by atoms with Gasteiger partial charge in [-0.1, -0.05) is 30.3 Å². The number of amides is 2. The molecule has 0 saturated carbocycles. The molecule has 2 N–H and O–H groups in total. The number of carbonyl (C=O) groups excluding carboxylic acids is 2. The Morgan fingerprint density at radius 2 is 1.37 bits per heavy atom. The number of rotatable bonds is 9. The average molecular weight is 688 g/mol. The number of nitrogens with one attached hydrogen (secondary N) is 2. The van der Waals surface area contributed by atoms with Gasteiger partial charge in [0.05, 0.1) is 11.1 Å². The Balaban J connectivity index is 0.857. The minimum atomic E-state index is -0.885. The van der Waals surface area contributed by atoms with Gasteiger partial charge in [0.1, 0.15) is 17.5 Å². The van der Waals surface area contributed by atoms with E-state index in [-0.39, 0.29) is 34.7 Å². The van der Waals surface area contributed by atoms with Gasteiger partial charge >= 0.3 is 0 Å². The zero-order valence-corrected chi connectivity index (χ0v) is 28.1.